The lowest BCUT2D eigenvalue weighted by Gasteiger charge is -2.03. The molecule has 0 saturated carbocycles. The molecule has 2 aromatic carbocycles. The highest BCUT2D eigenvalue weighted by Gasteiger charge is 2.04. The lowest BCUT2D eigenvalue weighted by molar-refractivity contribution is 0.506. The Kier molecular flexibility index (Phi) is 4.00. The second-order valence-electron chi connectivity index (χ2n) is 5.32. The van der Waals surface area contributed by atoms with Crippen LogP contribution in [0.2, 0.25) is 0 Å². The van der Waals surface area contributed by atoms with Gasteiger partial charge in [-0.05, 0) is 55.0 Å². The standard InChI is InChI=1S/C18H17F2N/c19-16-10-9-13(11-17(16)20)5-1-2-6-14-12-21-18-8-4-3-7-15(14)18/h3-4,7-12,21H,1-2,5-6H2. The molecule has 1 heterocycles. The van der Waals surface area contributed by atoms with Crippen LogP contribution in [0.3, 0.4) is 0 Å². The normalized spacial score (nSPS) is 11.1. The van der Waals surface area contributed by atoms with Gasteiger partial charge in [0.1, 0.15) is 0 Å². The summed E-state index contributed by atoms with van der Waals surface area (Å²) in [7, 11) is 0. The Morgan fingerprint density at radius 1 is 0.857 bits per heavy atom. The number of hydrogen-bond acceptors (Lipinski definition) is 0. The Labute approximate surface area is 122 Å². The average Bonchev–Trinajstić information content (AvgIpc) is 2.91. The predicted octanol–water partition coefficient (Wildman–Crippen LogP) is 5.01. The van der Waals surface area contributed by atoms with Gasteiger partial charge in [-0.1, -0.05) is 24.3 Å². The number of halogens is 2. The first-order chi connectivity index (χ1) is 10.2. The zero-order valence-electron chi connectivity index (χ0n) is 11.7. The zero-order chi connectivity index (χ0) is 14.7. The minimum absolute atomic E-state index is 0.760. The molecule has 0 aliphatic heterocycles. The van der Waals surface area contributed by atoms with Gasteiger partial charge in [-0.25, -0.2) is 8.78 Å². The number of aromatic nitrogens is 1. The number of para-hydroxylation sites is 1. The molecule has 3 heteroatoms. The highest BCUT2D eigenvalue weighted by molar-refractivity contribution is 5.82. The van der Waals surface area contributed by atoms with Gasteiger partial charge < -0.3 is 4.98 Å². The first kappa shape index (κ1) is 13.8. The van der Waals surface area contributed by atoms with Gasteiger partial charge in [0.25, 0.3) is 0 Å². The van der Waals surface area contributed by atoms with Crippen LogP contribution in [0.25, 0.3) is 10.9 Å². The number of rotatable bonds is 5. The number of nitrogens with one attached hydrogen (secondary N) is 1. The Bertz CT molecular complexity index is 746. The number of benzene rings is 2. The molecular formula is C18H17F2N. The van der Waals surface area contributed by atoms with Crippen molar-refractivity contribution < 1.29 is 8.78 Å². The molecule has 0 saturated heterocycles. The van der Waals surface area contributed by atoms with E-state index in [-0.39, 0.29) is 0 Å². The van der Waals surface area contributed by atoms with Crippen LogP contribution in [0.1, 0.15) is 24.0 Å². The molecule has 0 unspecified atom stereocenters. The molecule has 3 rings (SSSR count). The van der Waals surface area contributed by atoms with E-state index in [2.05, 4.69) is 23.3 Å². The number of H-pyrrole nitrogens is 1. The zero-order valence-corrected chi connectivity index (χ0v) is 11.7. The molecule has 0 atom stereocenters. The van der Waals surface area contributed by atoms with E-state index in [0.29, 0.717) is 0 Å². The van der Waals surface area contributed by atoms with E-state index < -0.39 is 11.6 Å². The summed E-state index contributed by atoms with van der Waals surface area (Å²) >= 11 is 0. The highest BCUT2D eigenvalue weighted by Crippen LogP contribution is 2.20. The van der Waals surface area contributed by atoms with Crippen LogP contribution in [0.4, 0.5) is 8.78 Å². The highest BCUT2D eigenvalue weighted by atomic mass is 19.2. The summed E-state index contributed by atoms with van der Waals surface area (Å²) in [5.74, 6) is -1.54. The Balaban J connectivity index is 1.55. The van der Waals surface area contributed by atoms with E-state index >= 15 is 0 Å². The largest absolute Gasteiger partial charge is 0.361 e. The van der Waals surface area contributed by atoms with Crippen LogP contribution >= 0.6 is 0 Å². The topological polar surface area (TPSA) is 15.8 Å². The lowest BCUT2D eigenvalue weighted by Crippen LogP contribution is -1.91. The maximum atomic E-state index is 13.1. The molecule has 0 fully saturated rings. The van der Waals surface area contributed by atoms with Crippen LogP contribution in [0.15, 0.2) is 48.7 Å². The Morgan fingerprint density at radius 2 is 1.67 bits per heavy atom. The molecule has 0 aliphatic rings. The number of aromatic amines is 1. The van der Waals surface area contributed by atoms with Crippen molar-refractivity contribution in [3.63, 3.8) is 0 Å². The smallest absolute Gasteiger partial charge is 0.159 e. The summed E-state index contributed by atoms with van der Waals surface area (Å²) in [6.45, 7) is 0. The third kappa shape index (κ3) is 3.13. The molecular weight excluding hydrogens is 268 g/mol. The van der Waals surface area contributed by atoms with Crippen molar-refractivity contribution in [3.05, 3.63) is 71.4 Å². The molecule has 0 amide bonds. The monoisotopic (exact) mass is 285 g/mol. The van der Waals surface area contributed by atoms with Crippen molar-refractivity contribution in [1.82, 2.24) is 4.98 Å². The van der Waals surface area contributed by atoms with E-state index in [4.69, 9.17) is 0 Å². The lowest BCUT2D eigenvalue weighted by atomic mass is 10.0. The maximum Gasteiger partial charge on any atom is 0.159 e. The summed E-state index contributed by atoms with van der Waals surface area (Å²) in [5, 5.41) is 1.27. The van der Waals surface area contributed by atoms with Crippen LogP contribution in [-0.2, 0) is 12.8 Å². The van der Waals surface area contributed by atoms with Crippen LogP contribution in [-0.4, -0.2) is 4.98 Å². The first-order valence-corrected chi connectivity index (χ1v) is 7.23. The Hall–Kier alpha value is -2.16. The third-order valence-electron chi connectivity index (χ3n) is 3.82. The fraction of sp³-hybridized carbons (Fsp3) is 0.222. The summed E-state index contributed by atoms with van der Waals surface area (Å²) in [6, 6.07) is 12.4. The van der Waals surface area contributed by atoms with E-state index in [1.54, 1.807) is 6.07 Å². The minimum atomic E-state index is -0.780. The van der Waals surface area contributed by atoms with Gasteiger partial charge >= 0.3 is 0 Å². The van der Waals surface area contributed by atoms with Crippen molar-refractivity contribution in [2.24, 2.45) is 0 Å². The summed E-state index contributed by atoms with van der Waals surface area (Å²) < 4.78 is 25.9. The number of unbranched alkanes of at least 4 members (excludes halogenated alkanes) is 1. The third-order valence-corrected chi connectivity index (χ3v) is 3.82. The molecule has 0 radical (unpaired) electrons. The quantitative estimate of drug-likeness (QED) is 0.634. The molecule has 1 N–H and O–H groups in total. The molecule has 0 aliphatic carbocycles. The van der Waals surface area contributed by atoms with Gasteiger partial charge in [-0.2, -0.15) is 0 Å². The van der Waals surface area contributed by atoms with Crippen LogP contribution < -0.4 is 0 Å². The second kappa shape index (κ2) is 6.08. The van der Waals surface area contributed by atoms with Crippen molar-refractivity contribution >= 4 is 10.9 Å². The number of hydrogen-bond donors (Lipinski definition) is 1. The average molecular weight is 285 g/mol. The number of aryl methyl sites for hydroxylation is 2. The summed E-state index contributed by atoms with van der Waals surface area (Å²) in [6.07, 6.45) is 5.82. The second-order valence-corrected chi connectivity index (χ2v) is 5.32. The van der Waals surface area contributed by atoms with E-state index in [0.717, 1.165) is 36.8 Å². The van der Waals surface area contributed by atoms with E-state index in [9.17, 15) is 8.78 Å². The van der Waals surface area contributed by atoms with Crippen molar-refractivity contribution in [3.8, 4) is 0 Å². The molecule has 1 nitrogen and oxygen atoms in total. The van der Waals surface area contributed by atoms with Gasteiger partial charge in [0.2, 0.25) is 0 Å². The molecule has 21 heavy (non-hydrogen) atoms. The van der Waals surface area contributed by atoms with Crippen LogP contribution in [0.5, 0.6) is 0 Å². The van der Waals surface area contributed by atoms with Gasteiger partial charge in [0.05, 0.1) is 0 Å². The SMILES string of the molecule is Fc1ccc(CCCCc2c[nH]c3ccccc23)cc1F. The van der Waals surface area contributed by atoms with E-state index in [1.807, 2.05) is 12.1 Å². The van der Waals surface area contributed by atoms with E-state index in [1.165, 1.54) is 23.1 Å². The fourth-order valence-corrected chi connectivity index (χ4v) is 2.68. The fourth-order valence-electron chi connectivity index (χ4n) is 2.68. The molecule has 0 spiro atoms. The molecule has 108 valence electrons. The predicted molar refractivity (Wildman–Crippen MR) is 81.3 cm³/mol. The van der Waals surface area contributed by atoms with Gasteiger partial charge in [0.15, 0.2) is 11.6 Å². The van der Waals surface area contributed by atoms with Crippen LogP contribution in [0, 0.1) is 11.6 Å². The van der Waals surface area contributed by atoms with Gasteiger partial charge in [-0.15, -0.1) is 0 Å². The van der Waals surface area contributed by atoms with Gasteiger partial charge in [-0.3, -0.25) is 0 Å². The summed E-state index contributed by atoms with van der Waals surface area (Å²) in [4.78, 5) is 3.27. The van der Waals surface area contributed by atoms with Crippen molar-refractivity contribution in [2.75, 3.05) is 0 Å². The molecule has 0 bridgehead atoms. The Morgan fingerprint density at radius 3 is 2.52 bits per heavy atom. The first-order valence-electron chi connectivity index (χ1n) is 7.23. The number of fused-ring (bicyclic) bond motifs is 1. The van der Waals surface area contributed by atoms with Gasteiger partial charge in [0, 0.05) is 17.1 Å². The summed E-state index contributed by atoms with van der Waals surface area (Å²) in [5.41, 5.74) is 3.33. The molecule has 1 aromatic heterocycles. The van der Waals surface area contributed by atoms with Crippen molar-refractivity contribution in [2.45, 2.75) is 25.7 Å². The van der Waals surface area contributed by atoms with Crippen molar-refractivity contribution in [1.29, 1.82) is 0 Å². The maximum absolute atomic E-state index is 13.1. The molecule has 3 aromatic rings. The minimum Gasteiger partial charge on any atom is -0.361 e.